The van der Waals surface area contributed by atoms with E-state index in [4.69, 9.17) is 19.2 Å². The molecule has 0 bridgehead atoms. The van der Waals surface area contributed by atoms with Gasteiger partial charge in [0.25, 0.3) is 0 Å². The predicted molar refractivity (Wildman–Crippen MR) is 82.8 cm³/mol. The third kappa shape index (κ3) is 4.61. The highest BCUT2D eigenvalue weighted by Crippen LogP contribution is 2.40. The first kappa shape index (κ1) is 16.1. The van der Waals surface area contributed by atoms with Crippen LogP contribution in [0.5, 0.6) is 0 Å². The lowest BCUT2D eigenvalue weighted by Gasteiger charge is -2.21. The minimum Gasteiger partial charge on any atom is -0.370 e. The minimum absolute atomic E-state index is 0.409. The number of hydrogen-bond acceptors (Lipinski definition) is 6. The Morgan fingerprint density at radius 1 is 1.62 bits per heavy atom. The number of anilines is 1. The fourth-order valence-electron chi connectivity index (χ4n) is 1.88. The summed E-state index contributed by atoms with van der Waals surface area (Å²) in [5.74, 6) is 0.761. The summed E-state index contributed by atoms with van der Waals surface area (Å²) < 4.78 is 18.5. The van der Waals surface area contributed by atoms with Gasteiger partial charge in [0, 0.05) is 6.54 Å². The van der Waals surface area contributed by atoms with Crippen LogP contribution in [0.15, 0.2) is 19.1 Å². The van der Waals surface area contributed by atoms with Gasteiger partial charge in [0.05, 0.1) is 31.9 Å². The number of imidazole rings is 1. The van der Waals surface area contributed by atoms with E-state index in [9.17, 15) is 0 Å². The summed E-state index contributed by atoms with van der Waals surface area (Å²) in [4.78, 5) is 4.23. The van der Waals surface area contributed by atoms with Crippen molar-refractivity contribution >= 4 is 19.9 Å². The van der Waals surface area contributed by atoms with Gasteiger partial charge >= 0.3 is 0 Å². The van der Waals surface area contributed by atoms with Crippen molar-refractivity contribution in [3.63, 3.8) is 0 Å². The molecule has 1 aromatic rings. The molecule has 1 aromatic heterocycles. The molecule has 1 aliphatic rings. The second-order valence-electron chi connectivity index (χ2n) is 4.50. The first-order valence-electron chi connectivity index (χ1n) is 6.81. The first-order valence-corrected chi connectivity index (χ1v) is 8.18. The molecule has 1 fully saturated rings. The lowest BCUT2D eigenvalue weighted by molar-refractivity contribution is 0.123. The number of ether oxygens (including phenoxy) is 1. The van der Waals surface area contributed by atoms with E-state index >= 15 is 0 Å². The monoisotopic (exact) mass is 312 g/mol. The Kier molecular flexibility index (Phi) is 6.32. The summed E-state index contributed by atoms with van der Waals surface area (Å²) in [6, 6.07) is 0. The van der Waals surface area contributed by atoms with Gasteiger partial charge in [0.15, 0.2) is 8.38 Å². The highest BCUT2D eigenvalue weighted by molar-refractivity contribution is 7.47. The van der Waals surface area contributed by atoms with Gasteiger partial charge in [-0.25, -0.2) is 4.98 Å². The second-order valence-corrected chi connectivity index (χ2v) is 5.94. The Balaban J connectivity index is 1.82. The smallest absolute Gasteiger partial charge is 0.198 e. The average Bonchev–Trinajstić information content (AvgIpc) is 2.88. The minimum atomic E-state index is -0.885. The lowest BCUT2D eigenvalue weighted by Crippen LogP contribution is -2.12. The number of hydrogen-bond donors (Lipinski definition) is 2. The third-order valence-corrected chi connectivity index (χ3v) is 4.20. The molecule has 0 saturated carbocycles. The van der Waals surface area contributed by atoms with Crippen molar-refractivity contribution in [3.8, 4) is 0 Å². The first-order chi connectivity index (χ1) is 10.2. The van der Waals surface area contributed by atoms with Crippen LogP contribution in [0.3, 0.4) is 0 Å². The van der Waals surface area contributed by atoms with Crippen LogP contribution in [0.4, 0.5) is 5.82 Å². The van der Waals surface area contributed by atoms with Crippen molar-refractivity contribution in [2.24, 2.45) is 0 Å². The lowest BCUT2D eigenvalue weighted by atomic mass is 10.3. The molecule has 2 N–H and O–H groups in total. The molecule has 2 rings (SSSR count). The van der Waals surface area contributed by atoms with E-state index in [1.165, 1.54) is 0 Å². The van der Waals surface area contributed by atoms with Crippen molar-refractivity contribution < 1.29 is 13.8 Å². The summed E-state index contributed by atoms with van der Waals surface area (Å²) in [6.07, 6.45) is 4.72. The van der Waals surface area contributed by atoms with Gasteiger partial charge in [-0.05, 0) is 19.5 Å². The molecule has 0 atom stereocenters. The Bertz CT molecular complexity index is 486. The Hall–Kier alpha value is -1.27. The van der Waals surface area contributed by atoms with Crippen LogP contribution in [-0.4, -0.2) is 41.4 Å². The molecule has 0 spiro atoms. The molecule has 0 amide bonds. The van der Waals surface area contributed by atoms with Crippen LogP contribution >= 0.6 is 8.38 Å². The molecule has 116 valence electrons. The van der Waals surface area contributed by atoms with Crippen molar-refractivity contribution in [2.45, 2.75) is 19.9 Å². The van der Waals surface area contributed by atoms with Crippen molar-refractivity contribution in [2.75, 3.05) is 31.5 Å². The highest BCUT2D eigenvalue weighted by atomic mass is 31.2. The maximum atomic E-state index is 7.70. The van der Waals surface area contributed by atoms with Crippen molar-refractivity contribution in [1.82, 2.24) is 9.55 Å². The van der Waals surface area contributed by atoms with E-state index in [0.717, 1.165) is 25.5 Å². The van der Waals surface area contributed by atoms with E-state index in [-0.39, 0.29) is 0 Å². The zero-order valence-electron chi connectivity index (χ0n) is 12.2. The molecule has 7 nitrogen and oxygen atoms in total. The third-order valence-electron chi connectivity index (χ3n) is 2.86. The molecular weight excluding hydrogens is 291 g/mol. The zero-order chi connectivity index (χ0) is 15.1. The largest absolute Gasteiger partial charge is 0.370 e. The molecule has 8 heteroatoms. The SMILES string of the molecule is C=CNc1c(C(C)=N)ncn1CCOCP1OCCCO1. The Morgan fingerprint density at radius 3 is 3.05 bits per heavy atom. The molecule has 0 aliphatic carbocycles. The van der Waals surface area contributed by atoms with Gasteiger partial charge in [0.1, 0.15) is 17.9 Å². The molecule has 0 unspecified atom stereocenters. The topological polar surface area (TPSA) is 81.4 Å². The van der Waals surface area contributed by atoms with E-state index in [1.807, 2.05) is 4.57 Å². The fourth-order valence-corrected chi connectivity index (χ4v) is 3.05. The molecular formula is C13H21N4O3P. The number of aromatic nitrogens is 2. The van der Waals surface area contributed by atoms with Gasteiger partial charge in [-0.3, -0.25) is 0 Å². The van der Waals surface area contributed by atoms with Crippen molar-refractivity contribution in [3.05, 3.63) is 24.8 Å². The molecule has 1 saturated heterocycles. The number of nitrogens with one attached hydrogen (secondary N) is 2. The normalized spacial score (nSPS) is 15.9. The fraction of sp³-hybridized carbons (Fsp3) is 0.538. The Morgan fingerprint density at radius 2 is 2.38 bits per heavy atom. The van der Waals surface area contributed by atoms with Crippen LogP contribution in [-0.2, 0) is 20.3 Å². The summed E-state index contributed by atoms with van der Waals surface area (Å²) in [5.41, 5.74) is 1.03. The Labute approximate surface area is 125 Å². The van der Waals surface area contributed by atoms with Crippen LogP contribution in [0, 0.1) is 5.41 Å². The number of rotatable bonds is 8. The van der Waals surface area contributed by atoms with Crippen LogP contribution in [0.25, 0.3) is 0 Å². The van der Waals surface area contributed by atoms with Gasteiger partial charge in [0.2, 0.25) is 0 Å². The van der Waals surface area contributed by atoms with Crippen LogP contribution < -0.4 is 5.32 Å². The van der Waals surface area contributed by atoms with Crippen LogP contribution in [0.1, 0.15) is 19.0 Å². The van der Waals surface area contributed by atoms with E-state index in [0.29, 0.717) is 30.9 Å². The summed E-state index contributed by atoms with van der Waals surface area (Å²) in [7, 11) is -0.885. The predicted octanol–water partition coefficient (Wildman–Crippen LogP) is 2.55. The van der Waals surface area contributed by atoms with Crippen molar-refractivity contribution in [1.29, 1.82) is 5.41 Å². The average molecular weight is 312 g/mol. The molecule has 21 heavy (non-hydrogen) atoms. The molecule has 0 aromatic carbocycles. The molecule has 0 radical (unpaired) electrons. The quantitative estimate of drug-likeness (QED) is 0.438. The van der Waals surface area contributed by atoms with Gasteiger partial charge in [-0.15, -0.1) is 0 Å². The number of nitrogens with zero attached hydrogens (tertiary/aromatic N) is 2. The second kappa shape index (κ2) is 8.24. The maximum absolute atomic E-state index is 7.70. The van der Waals surface area contributed by atoms with Gasteiger partial charge in [-0.2, -0.15) is 0 Å². The van der Waals surface area contributed by atoms with Crippen LogP contribution in [0.2, 0.25) is 0 Å². The summed E-state index contributed by atoms with van der Waals surface area (Å²) >= 11 is 0. The van der Waals surface area contributed by atoms with E-state index < -0.39 is 8.38 Å². The highest BCUT2D eigenvalue weighted by Gasteiger charge is 2.15. The van der Waals surface area contributed by atoms with Gasteiger partial charge < -0.3 is 29.1 Å². The summed E-state index contributed by atoms with van der Waals surface area (Å²) in [5, 5.41) is 10.7. The van der Waals surface area contributed by atoms with Gasteiger partial charge in [-0.1, -0.05) is 6.58 Å². The van der Waals surface area contributed by atoms with E-state index in [2.05, 4.69) is 16.9 Å². The summed E-state index contributed by atoms with van der Waals surface area (Å²) in [6.45, 7) is 8.04. The maximum Gasteiger partial charge on any atom is 0.198 e. The molecule has 1 aliphatic heterocycles. The van der Waals surface area contributed by atoms with E-state index in [1.54, 1.807) is 19.5 Å². The molecule has 2 heterocycles. The standard InChI is InChI=1S/C13H21N4O3P/c1-3-15-13-12(11(2)14)16-9-17(13)5-8-18-10-21-19-6-4-7-20-21/h3,9,14-15H,1,4-8,10H2,2H3. The zero-order valence-corrected chi connectivity index (χ0v) is 13.1.